The van der Waals surface area contributed by atoms with E-state index in [1.54, 1.807) is 13.8 Å². The Hall–Kier alpha value is -1.26. The third-order valence-corrected chi connectivity index (χ3v) is 0.734. The summed E-state index contributed by atoms with van der Waals surface area (Å²) in [6.07, 6.45) is 0. The van der Waals surface area contributed by atoms with Crippen LogP contribution in [0.15, 0.2) is 5.16 Å². The molecule has 5 heteroatoms. The average molecular weight is 161 g/mol. The maximum atomic E-state index is 9.90. The van der Waals surface area contributed by atoms with Crippen LogP contribution in [0, 0.1) is 0 Å². The van der Waals surface area contributed by atoms with E-state index in [4.69, 9.17) is 9.84 Å². The number of carbonyl (C=O) groups is 1. The van der Waals surface area contributed by atoms with E-state index in [0.717, 1.165) is 0 Å². The third kappa shape index (κ3) is 6.63. The van der Waals surface area contributed by atoms with E-state index in [-0.39, 0.29) is 0 Å². The Balaban J connectivity index is 3.47. The predicted molar refractivity (Wildman–Crippen MR) is 38.3 cm³/mol. The van der Waals surface area contributed by atoms with Crippen molar-refractivity contribution < 1.29 is 19.5 Å². The normalized spacial score (nSPS) is 10.9. The molecule has 0 aliphatic heterocycles. The van der Waals surface area contributed by atoms with Crippen molar-refractivity contribution in [1.29, 1.82) is 0 Å². The van der Waals surface area contributed by atoms with Gasteiger partial charge in [-0.3, -0.25) is 0 Å². The number of nitrogens with zero attached hydrogens (tertiary/aromatic N) is 1. The smallest absolute Gasteiger partial charge is 0.344 e. The van der Waals surface area contributed by atoms with Gasteiger partial charge < -0.3 is 14.7 Å². The fraction of sp³-hybridized carbons (Fsp3) is 0.667. The van der Waals surface area contributed by atoms with Crippen LogP contribution in [0.3, 0.4) is 0 Å². The molecule has 0 aromatic rings. The summed E-state index contributed by atoms with van der Waals surface area (Å²) in [5, 5.41) is 11.5. The number of oxime groups is 1. The summed E-state index contributed by atoms with van der Waals surface area (Å²) in [5.74, 6) is -0.730. The van der Waals surface area contributed by atoms with Crippen molar-refractivity contribution in [1.82, 2.24) is 0 Å². The lowest BCUT2D eigenvalue weighted by Crippen LogP contribution is -2.06. The van der Waals surface area contributed by atoms with Gasteiger partial charge in [-0.25, -0.2) is 4.79 Å². The minimum atomic E-state index is -1.06. The Morgan fingerprint density at radius 2 is 2.27 bits per heavy atom. The van der Waals surface area contributed by atoms with E-state index in [9.17, 15) is 4.79 Å². The molecule has 0 aliphatic carbocycles. The highest BCUT2D eigenvalue weighted by Crippen LogP contribution is 1.83. The molecule has 0 aromatic heterocycles. The van der Waals surface area contributed by atoms with Crippen LogP contribution in [-0.2, 0) is 14.4 Å². The number of hydrogen-bond donors (Lipinski definition) is 1. The zero-order valence-electron chi connectivity index (χ0n) is 6.53. The second-order valence-corrected chi connectivity index (χ2v) is 1.71. The van der Waals surface area contributed by atoms with Crippen LogP contribution in [0.5, 0.6) is 0 Å². The third-order valence-electron chi connectivity index (χ3n) is 0.734. The molecule has 0 saturated heterocycles. The molecule has 0 atom stereocenters. The molecule has 0 saturated carbocycles. The lowest BCUT2D eigenvalue weighted by Gasteiger charge is -1.99. The maximum Gasteiger partial charge on any atom is 0.344 e. The minimum absolute atomic E-state index is 0.328. The minimum Gasteiger partial charge on any atom is -0.479 e. The molecular weight excluding hydrogens is 150 g/mol. The first-order chi connectivity index (χ1) is 5.16. The molecule has 0 unspecified atom stereocenters. The number of carboxylic acid groups (broad SMARTS) is 1. The standard InChI is InChI=1S/C6H11NO4/c1-3-10-5(2)7-11-4-6(8)9/h3-4H2,1-2H3,(H,8,9). The first-order valence-corrected chi connectivity index (χ1v) is 3.18. The maximum absolute atomic E-state index is 9.90. The molecule has 0 aromatic carbocycles. The van der Waals surface area contributed by atoms with E-state index < -0.39 is 12.6 Å². The molecule has 0 amide bonds. The summed E-state index contributed by atoms with van der Waals surface area (Å²) in [7, 11) is 0. The van der Waals surface area contributed by atoms with E-state index >= 15 is 0 Å². The number of aliphatic carboxylic acids is 1. The molecular formula is C6H11NO4. The molecule has 0 bridgehead atoms. The van der Waals surface area contributed by atoms with Gasteiger partial charge >= 0.3 is 5.97 Å². The van der Waals surface area contributed by atoms with Crippen molar-refractivity contribution in [3.63, 3.8) is 0 Å². The fourth-order valence-electron chi connectivity index (χ4n) is 0.414. The highest BCUT2D eigenvalue weighted by Gasteiger charge is 1.95. The molecule has 0 spiro atoms. The molecule has 5 nitrogen and oxygen atoms in total. The SMILES string of the molecule is CCOC(C)=NOCC(=O)O. The molecule has 0 fully saturated rings. The van der Waals surface area contributed by atoms with Gasteiger partial charge in [0.05, 0.1) is 6.61 Å². The molecule has 0 rings (SSSR count). The quantitative estimate of drug-likeness (QED) is 0.369. The van der Waals surface area contributed by atoms with E-state index in [1.807, 2.05) is 0 Å². The van der Waals surface area contributed by atoms with Crippen molar-refractivity contribution in [2.24, 2.45) is 5.16 Å². The van der Waals surface area contributed by atoms with Gasteiger partial charge in [-0.05, 0) is 6.92 Å². The number of rotatable bonds is 4. The lowest BCUT2D eigenvalue weighted by molar-refractivity contribution is -0.142. The van der Waals surface area contributed by atoms with Crippen LogP contribution in [0.2, 0.25) is 0 Å². The average Bonchev–Trinajstić information content (AvgIpc) is 1.87. The lowest BCUT2D eigenvalue weighted by atomic mass is 10.7. The Morgan fingerprint density at radius 3 is 2.73 bits per heavy atom. The first kappa shape index (κ1) is 9.74. The van der Waals surface area contributed by atoms with Crippen molar-refractivity contribution in [2.75, 3.05) is 13.2 Å². The van der Waals surface area contributed by atoms with E-state index in [0.29, 0.717) is 12.5 Å². The van der Waals surface area contributed by atoms with Crippen molar-refractivity contribution in [2.45, 2.75) is 13.8 Å². The number of hydrogen-bond acceptors (Lipinski definition) is 4. The Kier molecular flexibility index (Phi) is 4.89. The predicted octanol–water partition coefficient (Wildman–Crippen LogP) is 0.457. The first-order valence-electron chi connectivity index (χ1n) is 3.18. The Morgan fingerprint density at radius 1 is 1.64 bits per heavy atom. The number of carboxylic acids is 1. The summed E-state index contributed by atoms with van der Waals surface area (Å²) < 4.78 is 4.86. The van der Waals surface area contributed by atoms with Crippen molar-refractivity contribution in [3.8, 4) is 0 Å². The molecule has 0 aliphatic rings. The second-order valence-electron chi connectivity index (χ2n) is 1.71. The highest BCUT2D eigenvalue weighted by molar-refractivity contribution is 5.72. The van der Waals surface area contributed by atoms with Crippen molar-refractivity contribution >= 4 is 11.9 Å². The molecule has 1 N–H and O–H groups in total. The molecule has 0 radical (unpaired) electrons. The molecule has 11 heavy (non-hydrogen) atoms. The van der Waals surface area contributed by atoms with Gasteiger partial charge in [0, 0.05) is 6.92 Å². The van der Waals surface area contributed by atoms with Gasteiger partial charge in [0.25, 0.3) is 0 Å². The largest absolute Gasteiger partial charge is 0.479 e. The van der Waals surface area contributed by atoms with Crippen LogP contribution < -0.4 is 0 Å². The van der Waals surface area contributed by atoms with Gasteiger partial charge in [0.1, 0.15) is 0 Å². The van der Waals surface area contributed by atoms with Gasteiger partial charge in [-0.2, -0.15) is 0 Å². The van der Waals surface area contributed by atoms with Crippen LogP contribution in [0.4, 0.5) is 0 Å². The molecule has 0 heterocycles. The summed E-state index contributed by atoms with van der Waals surface area (Å²) in [4.78, 5) is 14.3. The van der Waals surface area contributed by atoms with Crippen LogP contribution in [0.1, 0.15) is 13.8 Å². The summed E-state index contributed by atoms with van der Waals surface area (Å²) in [6, 6.07) is 0. The second kappa shape index (κ2) is 5.52. The Bertz CT molecular complexity index is 155. The van der Waals surface area contributed by atoms with E-state index in [1.165, 1.54) is 0 Å². The van der Waals surface area contributed by atoms with Gasteiger partial charge in [-0.15, -0.1) is 0 Å². The highest BCUT2D eigenvalue weighted by atomic mass is 16.7. The van der Waals surface area contributed by atoms with Gasteiger partial charge in [-0.1, -0.05) is 5.16 Å². The van der Waals surface area contributed by atoms with Crippen LogP contribution in [-0.4, -0.2) is 30.2 Å². The summed E-state index contributed by atoms with van der Waals surface area (Å²) >= 11 is 0. The van der Waals surface area contributed by atoms with Crippen molar-refractivity contribution in [3.05, 3.63) is 0 Å². The molecule has 64 valence electrons. The summed E-state index contributed by atoms with van der Waals surface area (Å²) in [5.41, 5.74) is 0. The zero-order valence-corrected chi connectivity index (χ0v) is 6.53. The van der Waals surface area contributed by atoms with Gasteiger partial charge in [0.2, 0.25) is 12.5 Å². The fourth-order valence-corrected chi connectivity index (χ4v) is 0.414. The topological polar surface area (TPSA) is 68.1 Å². The van der Waals surface area contributed by atoms with Gasteiger partial charge in [0.15, 0.2) is 0 Å². The monoisotopic (exact) mass is 161 g/mol. The van der Waals surface area contributed by atoms with Crippen LogP contribution >= 0.6 is 0 Å². The van der Waals surface area contributed by atoms with E-state index in [2.05, 4.69) is 9.99 Å². The van der Waals surface area contributed by atoms with Crippen LogP contribution in [0.25, 0.3) is 0 Å². The Labute approximate surface area is 64.6 Å². The zero-order chi connectivity index (χ0) is 8.69. The number of ether oxygens (including phenoxy) is 1. The summed E-state index contributed by atoms with van der Waals surface area (Å²) in [6.45, 7) is 3.44.